The lowest BCUT2D eigenvalue weighted by atomic mass is 9.95. The number of hydrogen-bond donors (Lipinski definition) is 3. The Balaban J connectivity index is 1.36. The lowest BCUT2D eigenvalue weighted by molar-refractivity contribution is -0.123. The molecule has 0 saturated heterocycles. The molecule has 0 bridgehead atoms. The second-order valence-electron chi connectivity index (χ2n) is 9.99. The van der Waals surface area contributed by atoms with Gasteiger partial charge in [0.1, 0.15) is 11.4 Å². The average Bonchev–Trinajstić information content (AvgIpc) is 3.62. The third kappa shape index (κ3) is 4.01. The molecule has 36 heavy (non-hydrogen) atoms. The highest BCUT2D eigenvalue weighted by Crippen LogP contribution is 2.34. The van der Waals surface area contributed by atoms with E-state index in [9.17, 15) is 4.79 Å². The van der Waals surface area contributed by atoms with Crippen molar-refractivity contribution in [1.82, 2.24) is 25.1 Å². The zero-order valence-electron chi connectivity index (χ0n) is 20.2. The molecular weight excluding hydrogens is 470 g/mol. The summed E-state index contributed by atoms with van der Waals surface area (Å²) in [6.45, 7) is 6.35. The van der Waals surface area contributed by atoms with Gasteiger partial charge in [0.05, 0.1) is 29.6 Å². The van der Waals surface area contributed by atoms with E-state index in [2.05, 4.69) is 53.4 Å². The SMILES string of the molecule is CC(C)(C)C(=O)Nc1cncc(-c2ccc3[nH]nc(-c4nc5c([nH]4)C(c4ccsc4)CN=C5)c3c2)c1. The van der Waals surface area contributed by atoms with Gasteiger partial charge in [0.2, 0.25) is 5.91 Å². The number of rotatable bonds is 4. The maximum atomic E-state index is 12.4. The predicted octanol–water partition coefficient (Wildman–Crippen LogP) is 5.63. The number of thiophene rings is 1. The molecule has 1 atom stereocenters. The standard InChI is InChI=1S/C27H25N7OS/c1-27(2,3)26(35)30-18-8-17(10-28-11-18)15-4-5-21-19(9-15)24(34-33-21)25-31-22-13-29-12-20(23(22)32-25)16-6-7-36-14-16/h4-11,13-14,20H,12H2,1-3H3,(H,30,35)(H,31,32)(H,33,34). The molecule has 8 nitrogen and oxygen atoms in total. The maximum absolute atomic E-state index is 12.4. The number of nitrogens with one attached hydrogen (secondary N) is 3. The molecule has 1 aliphatic rings. The molecule has 5 heterocycles. The Bertz CT molecular complexity index is 1600. The number of carbonyl (C=O) groups excluding carboxylic acids is 1. The molecule has 5 aromatic rings. The van der Waals surface area contributed by atoms with Gasteiger partial charge in [-0.3, -0.25) is 19.9 Å². The van der Waals surface area contributed by atoms with Gasteiger partial charge in [-0.15, -0.1) is 0 Å². The summed E-state index contributed by atoms with van der Waals surface area (Å²) in [6.07, 6.45) is 5.29. The lowest BCUT2D eigenvalue weighted by Gasteiger charge is -2.17. The van der Waals surface area contributed by atoms with Gasteiger partial charge in [0.25, 0.3) is 0 Å². The largest absolute Gasteiger partial charge is 0.339 e. The lowest BCUT2D eigenvalue weighted by Crippen LogP contribution is -2.27. The molecule has 0 radical (unpaired) electrons. The van der Waals surface area contributed by atoms with Crippen LogP contribution in [0.4, 0.5) is 5.69 Å². The quantitative estimate of drug-likeness (QED) is 0.300. The van der Waals surface area contributed by atoms with Gasteiger partial charge in [-0.05, 0) is 46.2 Å². The fourth-order valence-corrected chi connectivity index (χ4v) is 5.03. The fourth-order valence-electron chi connectivity index (χ4n) is 4.32. The van der Waals surface area contributed by atoms with Crippen LogP contribution in [0.3, 0.4) is 0 Å². The maximum Gasteiger partial charge on any atom is 0.229 e. The van der Waals surface area contributed by atoms with Gasteiger partial charge in [0, 0.05) is 34.7 Å². The number of H-pyrrole nitrogens is 2. The number of aromatic amines is 2. The van der Waals surface area contributed by atoms with Crippen molar-refractivity contribution in [3.63, 3.8) is 0 Å². The van der Waals surface area contributed by atoms with Crippen molar-refractivity contribution in [1.29, 1.82) is 0 Å². The van der Waals surface area contributed by atoms with Gasteiger partial charge in [-0.2, -0.15) is 16.4 Å². The summed E-state index contributed by atoms with van der Waals surface area (Å²) in [5.41, 5.74) is 6.88. The van der Waals surface area contributed by atoms with E-state index in [1.54, 1.807) is 23.7 Å². The van der Waals surface area contributed by atoms with Crippen LogP contribution in [-0.2, 0) is 4.79 Å². The van der Waals surface area contributed by atoms with E-state index in [0.717, 1.165) is 39.1 Å². The first-order valence-electron chi connectivity index (χ1n) is 11.7. The normalized spacial score (nSPS) is 15.2. The highest BCUT2D eigenvalue weighted by atomic mass is 32.1. The van der Waals surface area contributed by atoms with Gasteiger partial charge in [-0.1, -0.05) is 26.8 Å². The second-order valence-corrected chi connectivity index (χ2v) is 10.8. The number of anilines is 1. The molecule has 9 heteroatoms. The molecule has 0 fully saturated rings. The van der Waals surface area contributed by atoms with Gasteiger partial charge in [0.15, 0.2) is 5.82 Å². The summed E-state index contributed by atoms with van der Waals surface area (Å²) in [4.78, 5) is 29.7. The van der Waals surface area contributed by atoms with Crippen molar-refractivity contribution in [3.05, 3.63) is 70.4 Å². The van der Waals surface area contributed by atoms with Crippen molar-refractivity contribution in [2.75, 3.05) is 11.9 Å². The summed E-state index contributed by atoms with van der Waals surface area (Å²) in [6, 6.07) is 10.2. The minimum absolute atomic E-state index is 0.0555. The number of aromatic nitrogens is 5. The Labute approximate surface area is 211 Å². The molecule has 4 aromatic heterocycles. The molecule has 1 aliphatic heterocycles. The summed E-state index contributed by atoms with van der Waals surface area (Å²) in [5.74, 6) is 0.816. The molecule has 1 amide bonds. The third-order valence-corrected chi connectivity index (χ3v) is 7.06. The van der Waals surface area contributed by atoms with E-state index >= 15 is 0 Å². The third-order valence-electron chi connectivity index (χ3n) is 6.35. The number of pyridine rings is 1. The number of fused-ring (bicyclic) bond motifs is 2. The summed E-state index contributed by atoms with van der Waals surface area (Å²) in [7, 11) is 0. The molecule has 0 aliphatic carbocycles. The highest BCUT2D eigenvalue weighted by Gasteiger charge is 2.26. The first-order chi connectivity index (χ1) is 17.4. The number of amides is 1. The van der Waals surface area contributed by atoms with Crippen molar-refractivity contribution < 1.29 is 4.79 Å². The fraction of sp³-hybridized carbons (Fsp3) is 0.222. The Morgan fingerprint density at radius 3 is 2.83 bits per heavy atom. The van der Waals surface area contributed by atoms with Crippen LogP contribution in [0.2, 0.25) is 0 Å². The van der Waals surface area contributed by atoms with E-state index in [1.807, 2.05) is 45.2 Å². The minimum Gasteiger partial charge on any atom is -0.339 e. The number of imidazole rings is 1. The first kappa shape index (κ1) is 22.4. The average molecular weight is 496 g/mol. The zero-order valence-corrected chi connectivity index (χ0v) is 21.0. The Hall–Kier alpha value is -4.11. The minimum atomic E-state index is -0.490. The van der Waals surface area contributed by atoms with Crippen LogP contribution in [0.15, 0.2) is 58.5 Å². The monoisotopic (exact) mass is 495 g/mol. The van der Waals surface area contributed by atoms with E-state index in [0.29, 0.717) is 18.1 Å². The molecule has 1 unspecified atom stereocenters. The van der Waals surface area contributed by atoms with Crippen molar-refractivity contribution in [2.24, 2.45) is 10.4 Å². The Morgan fingerprint density at radius 2 is 2.03 bits per heavy atom. The molecule has 6 rings (SSSR count). The number of hydrogen-bond acceptors (Lipinski definition) is 6. The molecular formula is C27H25N7OS. The van der Waals surface area contributed by atoms with Gasteiger partial charge in [-0.25, -0.2) is 4.98 Å². The smallest absolute Gasteiger partial charge is 0.229 e. The van der Waals surface area contributed by atoms with Crippen LogP contribution in [-0.4, -0.2) is 43.8 Å². The second kappa shape index (κ2) is 8.53. The van der Waals surface area contributed by atoms with E-state index in [4.69, 9.17) is 4.98 Å². The van der Waals surface area contributed by atoms with Crippen LogP contribution < -0.4 is 5.32 Å². The van der Waals surface area contributed by atoms with E-state index in [1.165, 1.54) is 5.56 Å². The zero-order chi connectivity index (χ0) is 24.9. The number of carbonyl (C=O) groups is 1. The van der Waals surface area contributed by atoms with Crippen LogP contribution in [0.25, 0.3) is 33.5 Å². The van der Waals surface area contributed by atoms with Crippen LogP contribution in [0, 0.1) is 5.41 Å². The Kier molecular flexibility index (Phi) is 5.30. The highest BCUT2D eigenvalue weighted by molar-refractivity contribution is 7.08. The van der Waals surface area contributed by atoms with E-state index in [-0.39, 0.29) is 11.8 Å². The number of benzene rings is 1. The van der Waals surface area contributed by atoms with E-state index < -0.39 is 5.41 Å². The topological polar surface area (TPSA) is 112 Å². The first-order valence-corrected chi connectivity index (χ1v) is 12.7. The van der Waals surface area contributed by atoms with Gasteiger partial charge < -0.3 is 10.3 Å². The van der Waals surface area contributed by atoms with Crippen LogP contribution in [0.1, 0.15) is 43.6 Å². The van der Waals surface area contributed by atoms with Crippen molar-refractivity contribution in [3.8, 4) is 22.6 Å². The number of aliphatic imine (C=N–C) groups is 1. The molecule has 180 valence electrons. The molecule has 0 spiro atoms. The molecule has 0 saturated carbocycles. The predicted molar refractivity (Wildman–Crippen MR) is 144 cm³/mol. The van der Waals surface area contributed by atoms with Crippen LogP contribution in [0.5, 0.6) is 0 Å². The molecule has 1 aromatic carbocycles. The van der Waals surface area contributed by atoms with Crippen molar-refractivity contribution >= 4 is 40.0 Å². The summed E-state index contributed by atoms with van der Waals surface area (Å²) < 4.78 is 0. The van der Waals surface area contributed by atoms with Gasteiger partial charge >= 0.3 is 0 Å². The number of nitrogens with zero attached hydrogens (tertiary/aromatic N) is 4. The summed E-state index contributed by atoms with van der Waals surface area (Å²) >= 11 is 1.69. The summed E-state index contributed by atoms with van der Waals surface area (Å²) in [5, 5.41) is 15.9. The molecule has 3 N–H and O–H groups in total. The Morgan fingerprint density at radius 1 is 1.14 bits per heavy atom. The van der Waals surface area contributed by atoms with Crippen LogP contribution >= 0.6 is 11.3 Å². The van der Waals surface area contributed by atoms with Crippen molar-refractivity contribution in [2.45, 2.75) is 26.7 Å².